The van der Waals surface area contributed by atoms with Gasteiger partial charge in [0.25, 0.3) is 0 Å². The standard InChI is InChI=1S/C16H21NO4/c18-14(5-6-17-7-9-19-10-8-17)3-1-13-2-4-15-16(11-13)21-12-20-15/h1-4,11,14,18H,5-10,12H2/b3-1-. The Labute approximate surface area is 124 Å². The Kier molecular flexibility index (Phi) is 4.75. The van der Waals surface area contributed by atoms with Crippen LogP contribution in [0.5, 0.6) is 11.5 Å². The molecule has 2 aliphatic heterocycles. The lowest BCUT2D eigenvalue weighted by molar-refractivity contribution is 0.0328. The number of benzene rings is 1. The van der Waals surface area contributed by atoms with E-state index < -0.39 is 6.10 Å². The van der Waals surface area contributed by atoms with Crippen LogP contribution in [-0.2, 0) is 4.74 Å². The van der Waals surface area contributed by atoms with Crippen LogP contribution in [0, 0.1) is 0 Å². The second-order valence-electron chi connectivity index (χ2n) is 5.28. The summed E-state index contributed by atoms with van der Waals surface area (Å²) in [6, 6.07) is 5.77. The van der Waals surface area contributed by atoms with E-state index in [9.17, 15) is 5.11 Å². The van der Waals surface area contributed by atoms with Crippen LogP contribution in [0.3, 0.4) is 0 Å². The summed E-state index contributed by atoms with van der Waals surface area (Å²) in [5.41, 5.74) is 1.00. The molecular weight excluding hydrogens is 270 g/mol. The van der Waals surface area contributed by atoms with Gasteiger partial charge in [0.05, 0.1) is 19.3 Å². The Morgan fingerprint density at radius 3 is 2.86 bits per heavy atom. The van der Waals surface area contributed by atoms with Crippen molar-refractivity contribution in [3.8, 4) is 11.5 Å². The van der Waals surface area contributed by atoms with Crippen molar-refractivity contribution < 1.29 is 19.3 Å². The fourth-order valence-corrected chi connectivity index (χ4v) is 2.47. The van der Waals surface area contributed by atoms with Crippen LogP contribution >= 0.6 is 0 Å². The molecule has 2 aliphatic rings. The first-order valence-corrected chi connectivity index (χ1v) is 7.37. The third kappa shape index (κ3) is 3.97. The second kappa shape index (κ2) is 6.93. The van der Waals surface area contributed by atoms with E-state index in [4.69, 9.17) is 14.2 Å². The molecule has 21 heavy (non-hydrogen) atoms. The van der Waals surface area contributed by atoms with Gasteiger partial charge in [0.2, 0.25) is 6.79 Å². The van der Waals surface area contributed by atoms with E-state index in [1.807, 2.05) is 30.4 Å². The van der Waals surface area contributed by atoms with Crippen molar-refractivity contribution in [2.24, 2.45) is 0 Å². The zero-order chi connectivity index (χ0) is 14.5. The average molecular weight is 291 g/mol. The average Bonchev–Trinajstić information content (AvgIpc) is 2.99. The summed E-state index contributed by atoms with van der Waals surface area (Å²) in [5, 5.41) is 10.0. The van der Waals surface area contributed by atoms with Crippen LogP contribution in [0.25, 0.3) is 6.08 Å². The number of rotatable bonds is 5. The number of hydrogen-bond donors (Lipinski definition) is 1. The van der Waals surface area contributed by atoms with Crippen LogP contribution in [0.15, 0.2) is 24.3 Å². The fraction of sp³-hybridized carbons (Fsp3) is 0.500. The summed E-state index contributed by atoms with van der Waals surface area (Å²) in [4.78, 5) is 2.32. The summed E-state index contributed by atoms with van der Waals surface area (Å²) < 4.78 is 15.9. The Morgan fingerprint density at radius 2 is 2.00 bits per heavy atom. The van der Waals surface area contributed by atoms with Gasteiger partial charge >= 0.3 is 0 Å². The number of morpholine rings is 1. The molecular formula is C16H21NO4. The second-order valence-corrected chi connectivity index (χ2v) is 5.28. The fourth-order valence-electron chi connectivity index (χ4n) is 2.47. The van der Waals surface area contributed by atoms with Crippen LogP contribution in [-0.4, -0.2) is 55.8 Å². The molecule has 1 aromatic carbocycles. The minimum Gasteiger partial charge on any atom is -0.454 e. The van der Waals surface area contributed by atoms with Gasteiger partial charge in [0.15, 0.2) is 11.5 Å². The monoisotopic (exact) mass is 291 g/mol. The first-order chi connectivity index (χ1) is 10.3. The molecule has 2 heterocycles. The molecule has 1 fully saturated rings. The van der Waals surface area contributed by atoms with Crippen molar-refractivity contribution in [3.63, 3.8) is 0 Å². The maximum Gasteiger partial charge on any atom is 0.231 e. The van der Waals surface area contributed by atoms with Crippen LogP contribution in [0.4, 0.5) is 0 Å². The lowest BCUT2D eigenvalue weighted by atomic mass is 10.1. The topological polar surface area (TPSA) is 51.2 Å². The number of nitrogens with zero attached hydrogens (tertiary/aromatic N) is 1. The van der Waals surface area contributed by atoms with Crippen LogP contribution in [0.2, 0.25) is 0 Å². The molecule has 0 aromatic heterocycles. The molecule has 1 N–H and O–H groups in total. The van der Waals surface area contributed by atoms with E-state index in [0.717, 1.165) is 56.3 Å². The quantitative estimate of drug-likeness (QED) is 0.891. The molecule has 0 amide bonds. The highest BCUT2D eigenvalue weighted by Crippen LogP contribution is 2.32. The maximum atomic E-state index is 10.0. The van der Waals surface area contributed by atoms with Gasteiger partial charge in [-0.25, -0.2) is 0 Å². The number of aliphatic hydroxyl groups is 1. The van der Waals surface area contributed by atoms with Gasteiger partial charge in [-0.2, -0.15) is 0 Å². The first kappa shape index (κ1) is 14.4. The molecule has 0 radical (unpaired) electrons. The number of aliphatic hydroxyl groups excluding tert-OH is 1. The molecule has 1 unspecified atom stereocenters. The molecule has 0 bridgehead atoms. The Bertz CT molecular complexity index is 497. The molecule has 5 nitrogen and oxygen atoms in total. The van der Waals surface area contributed by atoms with Crippen molar-refractivity contribution in [1.82, 2.24) is 4.90 Å². The summed E-state index contributed by atoms with van der Waals surface area (Å²) in [6.45, 7) is 4.68. The van der Waals surface area contributed by atoms with E-state index in [1.54, 1.807) is 0 Å². The normalized spacial score (nSPS) is 20.0. The number of fused-ring (bicyclic) bond motifs is 1. The summed E-state index contributed by atoms with van der Waals surface area (Å²) in [5.74, 6) is 1.54. The highest BCUT2D eigenvalue weighted by atomic mass is 16.7. The minimum atomic E-state index is -0.432. The molecule has 5 heteroatoms. The lowest BCUT2D eigenvalue weighted by Gasteiger charge is -2.26. The van der Waals surface area contributed by atoms with Crippen molar-refractivity contribution in [2.75, 3.05) is 39.6 Å². The molecule has 1 aromatic rings. The van der Waals surface area contributed by atoms with Crippen LogP contribution < -0.4 is 9.47 Å². The van der Waals surface area contributed by atoms with Crippen molar-refractivity contribution in [2.45, 2.75) is 12.5 Å². The number of hydrogen-bond acceptors (Lipinski definition) is 5. The smallest absolute Gasteiger partial charge is 0.231 e. The highest BCUT2D eigenvalue weighted by Gasteiger charge is 2.13. The number of ether oxygens (including phenoxy) is 3. The maximum absolute atomic E-state index is 10.0. The van der Waals surface area contributed by atoms with Gasteiger partial charge in [0, 0.05) is 19.6 Å². The highest BCUT2D eigenvalue weighted by molar-refractivity contribution is 5.56. The van der Waals surface area contributed by atoms with Gasteiger partial charge < -0.3 is 19.3 Å². The third-order valence-corrected chi connectivity index (χ3v) is 3.75. The zero-order valence-electron chi connectivity index (χ0n) is 12.0. The Hall–Kier alpha value is -1.56. The van der Waals surface area contributed by atoms with Gasteiger partial charge in [-0.05, 0) is 24.1 Å². The van der Waals surface area contributed by atoms with Crippen molar-refractivity contribution in [3.05, 3.63) is 29.8 Å². The molecule has 114 valence electrons. The molecule has 0 spiro atoms. The molecule has 1 atom stereocenters. The predicted molar refractivity (Wildman–Crippen MR) is 79.5 cm³/mol. The summed E-state index contributed by atoms with van der Waals surface area (Å²) in [6.07, 6.45) is 4.06. The SMILES string of the molecule is OC(/C=C\c1ccc2c(c1)OCO2)CCN1CCOCC1. The van der Waals surface area contributed by atoms with Crippen LogP contribution in [0.1, 0.15) is 12.0 Å². The molecule has 1 saturated heterocycles. The minimum absolute atomic E-state index is 0.282. The summed E-state index contributed by atoms with van der Waals surface area (Å²) >= 11 is 0. The first-order valence-electron chi connectivity index (χ1n) is 7.37. The van der Waals surface area contributed by atoms with Gasteiger partial charge in [-0.3, -0.25) is 4.90 Å². The van der Waals surface area contributed by atoms with E-state index in [2.05, 4.69) is 4.90 Å². The Balaban J connectivity index is 1.48. The van der Waals surface area contributed by atoms with E-state index in [0.29, 0.717) is 0 Å². The predicted octanol–water partition coefficient (Wildman–Crippen LogP) is 1.51. The third-order valence-electron chi connectivity index (χ3n) is 3.75. The molecule has 3 rings (SSSR count). The van der Waals surface area contributed by atoms with Gasteiger partial charge in [-0.1, -0.05) is 18.2 Å². The van der Waals surface area contributed by atoms with E-state index in [-0.39, 0.29) is 6.79 Å². The summed E-state index contributed by atoms with van der Waals surface area (Å²) in [7, 11) is 0. The van der Waals surface area contributed by atoms with Crippen molar-refractivity contribution >= 4 is 6.08 Å². The molecule has 0 aliphatic carbocycles. The van der Waals surface area contributed by atoms with E-state index in [1.165, 1.54) is 0 Å². The van der Waals surface area contributed by atoms with E-state index >= 15 is 0 Å². The lowest BCUT2D eigenvalue weighted by Crippen LogP contribution is -2.37. The van der Waals surface area contributed by atoms with Gasteiger partial charge in [-0.15, -0.1) is 0 Å². The largest absolute Gasteiger partial charge is 0.454 e. The van der Waals surface area contributed by atoms with Gasteiger partial charge in [0.1, 0.15) is 0 Å². The van der Waals surface area contributed by atoms with Crippen molar-refractivity contribution in [1.29, 1.82) is 0 Å². The molecule has 0 saturated carbocycles. The zero-order valence-corrected chi connectivity index (χ0v) is 12.0. The Morgan fingerprint density at radius 1 is 1.19 bits per heavy atom.